The molecule has 2 heterocycles. The molecule has 20 heavy (non-hydrogen) atoms. The van der Waals surface area contributed by atoms with E-state index in [1.807, 2.05) is 17.8 Å². The lowest BCUT2D eigenvalue weighted by Gasteiger charge is -2.16. The van der Waals surface area contributed by atoms with E-state index in [0.29, 0.717) is 6.42 Å². The first kappa shape index (κ1) is 13.9. The maximum atomic E-state index is 12.3. The van der Waals surface area contributed by atoms with Gasteiger partial charge in [-0.2, -0.15) is 11.8 Å². The number of aliphatic carboxylic acids is 1. The first-order valence-corrected chi connectivity index (χ1v) is 8.85. The first-order chi connectivity index (χ1) is 9.65. The van der Waals surface area contributed by atoms with Crippen LogP contribution in [0.3, 0.4) is 0 Å². The van der Waals surface area contributed by atoms with E-state index in [2.05, 4.69) is 5.32 Å². The predicted octanol–water partition coefficient (Wildman–Crippen LogP) is 2.52. The molecule has 1 amide bonds. The number of thiophene rings is 1. The van der Waals surface area contributed by atoms with Crippen LogP contribution in [0.5, 0.6) is 0 Å². The number of carbonyl (C=O) groups is 2. The summed E-state index contributed by atoms with van der Waals surface area (Å²) < 4.78 is 0. The molecule has 0 radical (unpaired) electrons. The Kier molecular flexibility index (Phi) is 4.03. The van der Waals surface area contributed by atoms with E-state index in [1.54, 1.807) is 11.3 Å². The van der Waals surface area contributed by atoms with E-state index in [-0.39, 0.29) is 11.9 Å². The van der Waals surface area contributed by atoms with Crippen molar-refractivity contribution in [3.8, 4) is 0 Å². The quantitative estimate of drug-likeness (QED) is 0.900. The molecule has 1 saturated carbocycles. The van der Waals surface area contributed by atoms with E-state index in [1.165, 1.54) is 10.4 Å². The Morgan fingerprint density at radius 1 is 1.35 bits per heavy atom. The molecule has 1 aliphatic carbocycles. The van der Waals surface area contributed by atoms with Gasteiger partial charge in [-0.15, -0.1) is 11.3 Å². The molecule has 0 spiro atoms. The lowest BCUT2D eigenvalue weighted by atomic mass is 10.0. The van der Waals surface area contributed by atoms with Crippen LogP contribution in [0.2, 0.25) is 0 Å². The van der Waals surface area contributed by atoms with Crippen molar-refractivity contribution < 1.29 is 14.7 Å². The molecule has 1 fully saturated rings. The Morgan fingerprint density at radius 2 is 2.20 bits per heavy atom. The Morgan fingerprint density at radius 3 is 2.95 bits per heavy atom. The van der Waals surface area contributed by atoms with Crippen LogP contribution in [-0.4, -0.2) is 28.8 Å². The molecule has 0 bridgehead atoms. The number of nitrogens with one attached hydrogen (secondary N) is 1. The van der Waals surface area contributed by atoms with Gasteiger partial charge in [0, 0.05) is 16.7 Å². The lowest BCUT2D eigenvalue weighted by molar-refractivity contribution is -0.142. The average molecular weight is 311 g/mol. The minimum absolute atomic E-state index is 0.104. The van der Waals surface area contributed by atoms with Crippen molar-refractivity contribution in [3.05, 3.63) is 21.4 Å². The highest BCUT2D eigenvalue weighted by atomic mass is 32.2. The number of hydrogen-bond donors (Lipinski definition) is 2. The molecule has 4 nitrogen and oxygen atoms in total. The standard InChI is InChI=1S/C14H17NO3S2/c16-13(15-10-3-1-2-9(10)14(17)18)12-6-8-7-19-5-4-11(8)20-12/h6,9-10H,1-5,7H2,(H,15,16)(H,17,18). The normalized spacial score (nSPS) is 25.2. The third-order valence-electron chi connectivity index (χ3n) is 4.00. The third kappa shape index (κ3) is 2.72. The van der Waals surface area contributed by atoms with Crippen molar-refractivity contribution in [2.45, 2.75) is 37.5 Å². The number of amides is 1. The Balaban J connectivity index is 1.70. The SMILES string of the molecule is O=C(NC1CCCC1C(=O)O)c1cc2c(s1)CCSC2. The van der Waals surface area contributed by atoms with Gasteiger partial charge in [0.05, 0.1) is 10.8 Å². The molecule has 1 aromatic heterocycles. The zero-order valence-corrected chi connectivity index (χ0v) is 12.7. The van der Waals surface area contributed by atoms with Crippen molar-refractivity contribution >= 4 is 35.0 Å². The van der Waals surface area contributed by atoms with Gasteiger partial charge >= 0.3 is 5.97 Å². The van der Waals surface area contributed by atoms with E-state index in [4.69, 9.17) is 5.11 Å². The van der Waals surface area contributed by atoms with Gasteiger partial charge in [-0.3, -0.25) is 9.59 Å². The largest absolute Gasteiger partial charge is 0.481 e. The molecule has 0 aromatic carbocycles. The number of carbonyl (C=O) groups excluding carboxylic acids is 1. The number of rotatable bonds is 3. The van der Waals surface area contributed by atoms with Crippen LogP contribution in [-0.2, 0) is 17.0 Å². The average Bonchev–Trinajstić information content (AvgIpc) is 3.03. The lowest BCUT2D eigenvalue weighted by Crippen LogP contribution is -2.39. The number of carboxylic acids is 1. The summed E-state index contributed by atoms with van der Waals surface area (Å²) in [6, 6.07) is 1.76. The third-order valence-corrected chi connectivity index (χ3v) is 6.24. The summed E-state index contributed by atoms with van der Waals surface area (Å²) in [7, 11) is 0. The van der Waals surface area contributed by atoms with Crippen LogP contribution in [0.4, 0.5) is 0 Å². The number of fused-ring (bicyclic) bond motifs is 1. The molecule has 1 aromatic rings. The van der Waals surface area contributed by atoms with Crippen LogP contribution >= 0.6 is 23.1 Å². The highest BCUT2D eigenvalue weighted by Crippen LogP contribution is 2.32. The van der Waals surface area contributed by atoms with Crippen LogP contribution in [0, 0.1) is 5.92 Å². The molecule has 2 N–H and O–H groups in total. The second kappa shape index (κ2) is 5.77. The van der Waals surface area contributed by atoms with Crippen molar-refractivity contribution in [3.63, 3.8) is 0 Å². The fourth-order valence-corrected chi connectivity index (χ4v) is 5.20. The van der Waals surface area contributed by atoms with Gasteiger partial charge in [0.25, 0.3) is 5.91 Å². The van der Waals surface area contributed by atoms with Gasteiger partial charge in [-0.05, 0) is 36.6 Å². The summed E-state index contributed by atoms with van der Waals surface area (Å²) in [4.78, 5) is 25.5. The highest BCUT2D eigenvalue weighted by Gasteiger charge is 2.34. The Hall–Kier alpha value is -1.01. The highest BCUT2D eigenvalue weighted by molar-refractivity contribution is 7.98. The van der Waals surface area contributed by atoms with Crippen molar-refractivity contribution in [2.75, 3.05) is 5.75 Å². The maximum absolute atomic E-state index is 12.3. The molecular formula is C14H17NO3S2. The molecular weight excluding hydrogens is 294 g/mol. The Labute approximate surface area is 125 Å². The van der Waals surface area contributed by atoms with E-state index in [9.17, 15) is 9.59 Å². The minimum atomic E-state index is -0.797. The maximum Gasteiger partial charge on any atom is 0.308 e. The molecule has 2 atom stereocenters. The van der Waals surface area contributed by atoms with Crippen LogP contribution < -0.4 is 5.32 Å². The van der Waals surface area contributed by atoms with E-state index in [0.717, 1.165) is 35.6 Å². The van der Waals surface area contributed by atoms with Crippen molar-refractivity contribution in [1.29, 1.82) is 0 Å². The van der Waals surface area contributed by atoms with Gasteiger partial charge < -0.3 is 10.4 Å². The summed E-state index contributed by atoms with van der Waals surface area (Å²) >= 11 is 3.46. The topological polar surface area (TPSA) is 66.4 Å². The second-order valence-corrected chi connectivity index (χ2v) is 7.56. The van der Waals surface area contributed by atoms with Gasteiger partial charge in [0.2, 0.25) is 0 Å². The van der Waals surface area contributed by atoms with Gasteiger partial charge in [0.1, 0.15) is 0 Å². The monoisotopic (exact) mass is 311 g/mol. The number of thioether (sulfide) groups is 1. The molecule has 3 rings (SSSR count). The molecule has 0 saturated heterocycles. The van der Waals surface area contributed by atoms with E-state index < -0.39 is 11.9 Å². The van der Waals surface area contributed by atoms with Crippen molar-refractivity contribution in [1.82, 2.24) is 5.32 Å². The number of carboxylic acid groups (broad SMARTS) is 1. The number of hydrogen-bond acceptors (Lipinski definition) is 4. The van der Waals surface area contributed by atoms with Crippen molar-refractivity contribution in [2.24, 2.45) is 5.92 Å². The van der Waals surface area contributed by atoms with Gasteiger partial charge in [-0.25, -0.2) is 0 Å². The molecule has 1 aliphatic heterocycles. The molecule has 2 unspecified atom stereocenters. The summed E-state index contributed by atoms with van der Waals surface area (Å²) in [6.45, 7) is 0. The summed E-state index contributed by atoms with van der Waals surface area (Å²) in [5.74, 6) is 0.782. The Bertz CT molecular complexity index is 517. The molecule has 6 heteroatoms. The fraction of sp³-hybridized carbons (Fsp3) is 0.571. The first-order valence-electron chi connectivity index (χ1n) is 6.88. The van der Waals surface area contributed by atoms with E-state index >= 15 is 0 Å². The van der Waals surface area contributed by atoms with Crippen LogP contribution in [0.15, 0.2) is 6.07 Å². The fourth-order valence-electron chi connectivity index (χ4n) is 2.93. The van der Waals surface area contributed by atoms with Gasteiger partial charge in [0.15, 0.2) is 0 Å². The zero-order chi connectivity index (χ0) is 14.1. The predicted molar refractivity (Wildman–Crippen MR) is 80.4 cm³/mol. The zero-order valence-electron chi connectivity index (χ0n) is 11.1. The number of aryl methyl sites for hydroxylation is 1. The molecule has 2 aliphatic rings. The van der Waals surface area contributed by atoms with Crippen LogP contribution in [0.1, 0.15) is 39.4 Å². The second-order valence-electron chi connectivity index (χ2n) is 5.32. The van der Waals surface area contributed by atoms with Gasteiger partial charge in [-0.1, -0.05) is 6.42 Å². The summed E-state index contributed by atoms with van der Waals surface area (Å²) in [5, 5.41) is 12.1. The summed E-state index contributed by atoms with van der Waals surface area (Å²) in [5.41, 5.74) is 1.28. The minimum Gasteiger partial charge on any atom is -0.481 e. The molecule has 108 valence electrons. The smallest absolute Gasteiger partial charge is 0.308 e. The van der Waals surface area contributed by atoms with Crippen LogP contribution in [0.25, 0.3) is 0 Å². The summed E-state index contributed by atoms with van der Waals surface area (Å²) in [6.07, 6.45) is 3.35.